The molecule has 1 aliphatic rings. The molecule has 4 rings (SSSR count). The highest BCUT2D eigenvalue weighted by molar-refractivity contribution is 5.97. The van der Waals surface area contributed by atoms with Crippen LogP contribution in [0.3, 0.4) is 0 Å². The fourth-order valence-corrected chi connectivity index (χ4v) is 2.76. The highest BCUT2D eigenvalue weighted by Gasteiger charge is 2.19. The largest absolute Gasteiger partial charge is 0.342 e. The minimum absolute atomic E-state index is 0.159. The topological polar surface area (TPSA) is 71.5 Å². The number of imidazole rings is 1. The molecule has 0 radical (unpaired) electrons. The molecule has 104 valence electrons. The first-order chi connectivity index (χ1) is 10.3. The second-order valence-corrected chi connectivity index (χ2v) is 5.30. The lowest BCUT2D eigenvalue weighted by molar-refractivity contribution is 0.0971. The molecule has 0 bridgehead atoms. The molecular weight excluding hydrogens is 264 g/mol. The Morgan fingerprint density at radius 1 is 1.14 bits per heavy atom. The lowest BCUT2D eigenvalue weighted by atomic mass is 9.96. The molecule has 3 aromatic rings. The minimum atomic E-state index is 0.159. The third-order valence-electron chi connectivity index (χ3n) is 3.80. The molecule has 5 heteroatoms. The zero-order valence-corrected chi connectivity index (χ0v) is 11.5. The second kappa shape index (κ2) is 4.77. The molecule has 2 heterocycles. The van der Waals surface area contributed by atoms with E-state index in [1.54, 1.807) is 6.20 Å². The van der Waals surface area contributed by atoms with E-state index in [4.69, 9.17) is 0 Å². The molecular formula is C16H14N4O. The van der Waals surface area contributed by atoms with Gasteiger partial charge < -0.3 is 4.98 Å². The Morgan fingerprint density at radius 3 is 2.95 bits per heavy atom. The summed E-state index contributed by atoms with van der Waals surface area (Å²) in [7, 11) is 0. The fourth-order valence-electron chi connectivity index (χ4n) is 2.76. The number of rotatable bonds is 2. The summed E-state index contributed by atoms with van der Waals surface area (Å²) < 4.78 is 0. The van der Waals surface area contributed by atoms with Crippen LogP contribution in [0.5, 0.6) is 0 Å². The highest BCUT2D eigenvalue weighted by Crippen LogP contribution is 2.19. The standard InChI is InChI=1S/C16H14N4O/c21-14-7-3-6-11-10(14)9-17-15(18-11)8-16-19-12-4-1-2-5-13(12)20-16/h1-2,4-5,9H,3,6-8H2,(H,19,20). The van der Waals surface area contributed by atoms with Crippen LogP contribution in [-0.2, 0) is 12.8 Å². The number of fused-ring (bicyclic) bond motifs is 2. The maximum Gasteiger partial charge on any atom is 0.166 e. The van der Waals surface area contributed by atoms with Gasteiger partial charge in [0.25, 0.3) is 0 Å². The van der Waals surface area contributed by atoms with E-state index in [-0.39, 0.29) is 5.78 Å². The number of para-hydroxylation sites is 2. The number of ketones is 1. The molecule has 1 aliphatic carbocycles. The van der Waals surface area contributed by atoms with Gasteiger partial charge in [-0.25, -0.2) is 15.0 Å². The van der Waals surface area contributed by atoms with Crippen LogP contribution >= 0.6 is 0 Å². The van der Waals surface area contributed by atoms with E-state index < -0.39 is 0 Å². The monoisotopic (exact) mass is 278 g/mol. The smallest absolute Gasteiger partial charge is 0.166 e. The predicted octanol–water partition coefficient (Wildman–Crippen LogP) is 2.46. The Kier molecular flexibility index (Phi) is 2.77. The molecule has 0 spiro atoms. The zero-order valence-electron chi connectivity index (χ0n) is 11.5. The van der Waals surface area contributed by atoms with Gasteiger partial charge in [-0.05, 0) is 25.0 Å². The number of H-pyrrole nitrogens is 1. The predicted molar refractivity (Wildman–Crippen MR) is 78.2 cm³/mol. The average Bonchev–Trinajstić information content (AvgIpc) is 2.89. The Hall–Kier alpha value is -2.56. The van der Waals surface area contributed by atoms with Gasteiger partial charge in [-0.1, -0.05) is 12.1 Å². The van der Waals surface area contributed by atoms with E-state index in [1.807, 2.05) is 24.3 Å². The van der Waals surface area contributed by atoms with Gasteiger partial charge in [0.1, 0.15) is 11.6 Å². The lowest BCUT2D eigenvalue weighted by Gasteiger charge is -2.13. The quantitative estimate of drug-likeness (QED) is 0.781. The minimum Gasteiger partial charge on any atom is -0.342 e. The molecule has 0 aliphatic heterocycles. The number of Topliss-reactive ketones (excluding diaryl/α,β-unsaturated/α-hetero) is 1. The van der Waals surface area contributed by atoms with Crippen molar-refractivity contribution in [2.24, 2.45) is 0 Å². The molecule has 0 saturated carbocycles. The van der Waals surface area contributed by atoms with Crippen LogP contribution in [0.15, 0.2) is 30.5 Å². The Labute approximate surface area is 121 Å². The fraction of sp³-hybridized carbons (Fsp3) is 0.250. The Morgan fingerprint density at radius 2 is 2.05 bits per heavy atom. The molecule has 0 amide bonds. The summed E-state index contributed by atoms with van der Waals surface area (Å²) in [5.74, 6) is 1.72. The van der Waals surface area contributed by atoms with Gasteiger partial charge in [-0.3, -0.25) is 4.79 Å². The summed E-state index contributed by atoms with van der Waals surface area (Å²) in [5.41, 5.74) is 3.53. The normalized spacial score (nSPS) is 14.4. The first-order valence-electron chi connectivity index (χ1n) is 7.11. The molecule has 1 aromatic carbocycles. The van der Waals surface area contributed by atoms with E-state index in [0.717, 1.165) is 35.4 Å². The molecule has 0 unspecified atom stereocenters. The van der Waals surface area contributed by atoms with E-state index >= 15 is 0 Å². The van der Waals surface area contributed by atoms with Crippen LogP contribution in [0.4, 0.5) is 0 Å². The second-order valence-electron chi connectivity index (χ2n) is 5.30. The van der Waals surface area contributed by atoms with Crippen molar-refractivity contribution in [1.29, 1.82) is 0 Å². The van der Waals surface area contributed by atoms with Crippen molar-refractivity contribution in [3.05, 3.63) is 53.4 Å². The lowest BCUT2D eigenvalue weighted by Crippen LogP contribution is -2.15. The van der Waals surface area contributed by atoms with Crippen molar-refractivity contribution in [1.82, 2.24) is 19.9 Å². The van der Waals surface area contributed by atoms with E-state index in [2.05, 4.69) is 19.9 Å². The number of hydrogen-bond acceptors (Lipinski definition) is 4. The van der Waals surface area contributed by atoms with Crippen LogP contribution in [-0.4, -0.2) is 25.7 Å². The van der Waals surface area contributed by atoms with Gasteiger partial charge in [0, 0.05) is 12.6 Å². The van der Waals surface area contributed by atoms with Crippen LogP contribution in [0.2, 0.25) is 0 Å². The number of aryl methyl sites for hydroxylation is 1. The van der Waals surface area contributed by atoms with Crippen LogP contribution in [0, 0.1) is 0 Å². The number of nitrogens with zero attached hydrogens (tertiary/aromatic N) is 3. The van der Waals surface area contributed by atoms with E-state index in [1.165, 1.54) is 0 Å². The average molecular weight is 278 g/mol. The summed E-state index contributed by atoms with van der Waals surface area (Å²) in [4.78, 5) is 28.4. The number of aromatic nitrogens is 4. The van der Waals surface area contributed by atoms with Crippen LogP contribution in [0.1, 0.15) is 40.5 Å². The van der Waals surface area contributed by atoms with Gasteiger partial charge in [0.15, 0.2) is 5.78 Å². The van der Waals surface area contributed by atoms with Crippen molar-refractivity contribution in [3.8, 4) is 0 Å². The van der Waals surface area contributed by atoms with Crippen LogP contribution < -0.4 is 0 Å². The maximum absolute atomic E-state index is 11.8. The first kappa shape index (κ1) is 12.2. The first-order valence-corrected chi connectivity index (χ1v) is 7.11. The zero-order chi connectivity index (χ0) is 14.2. The number of nitrogens with one attached hydrogen (secondary N) is 1. The van der Waals surface area contributed by atoms with Crippen molar-refractivity contribution in [2.45, 2.75) is 25.7 Å². The summed E-state index contributed by atoms with van der Waals surface area (Å²) in [6.07, 6.45) is 4.57. The third-order valence-corrected chi connectivity index (χ3v) is 3.80. The number of hydrogen-bond donors (Lipinski definition) is 1. The van der Waals surface area contributed by atoms with Gasteiger partial charge in [0.2, 0.25) is 0 Å². The molecule has 5 nitrogen and oxygen atoms in total. The summed E-state index contributed by atoms with van der Waals surface area (Å²) >= 11 is 0. The SMILES string of the molecule is O=C1CCCc2nc(Cc3nc4ccccc4[nH]3)ncc21. The maximum atomic E-state index is 11.8. The van der Waals surface area contributed by atoms with Crippen molar-refractivity contribution in [2.75, 3.05) is 0 Å². The van der Waals surface area contributed by atoms with Gasteiger partial charge in [-0.2, -0.15) is 0 Å². The van der Waals surface area contributed by atoms with E-state index in [0.29, 0.717) is 24.2 Å². The van der Waals surface area contributed by atoms with Crippen LogP contribution in [0.25, 0.3) is 11.0 Å². The Balaban J connectivity index is 1.66. The molecule has 0 saturated heterocycles. The van der Waals surface area contributed by atoms with Gasteiger partial charge >= 0.3 is 0 Å². The van der Waals surface area contributed by atoms with Gasteiger partial charge in [0.05, 0.1) is 28.7 Å². The highest BCUT2D eigenvalue weighted by atomic mass is 16.1. The molecule has 21 heavy (non-hydrogen) atoms. The van der Waals surface area contributed by atoms with Gasteiger partial charge in [-0.15, -0.1) is 0 Å². The van der Waals surface area contributed by atoms with E-state index in [9.17, 15) is 4.79 Å². The molecule has 0 atom stereocenters. The number of benzene rings is 1. The van der Waals surface area contributed by atoms with Crippen molar-refractivity contribution < 1.29 is 4.79 Å². The van der Waals surface area contributed by atoms with Crippen molar-refractivity contribution >= 4 is 16.8 Å². The number of carbonyl (C=O) groups is 1. The molecule has 0 fully saturated rings. The van der Waals surface area contributed by atoms with Crippen molar-refractivity contribution in [3.63, 3.8) is 0 Å². The molecule has 2 aromatic heterocycles. The summed E-state index contributed by atoms with van der Waals surface area (Å²) in [6, 6.07) is 7.92. The molecule has 1 N–H and O–H groups in total. The number of carbonyl (C=O) groups excluding carboxylic acids is 1. The summed E-state index contributed by atoms with van der Waals surface area (Å²) in [6.45, 7) is 0. The Bertz CT molecular complexity index is 804. The third kappa shape index (κ3) is 2.20. The number of aromatic amines is 1. The summed E-state index contributed by atoms with van der Waals surface area (Å²) in [5, 5.41) is 0.